The molecule has 42 heavy (non-hydrogen) atoms. The number of nitrogens with one attached hydrogen (secondary N) is 1. The van der Waals surface area contributed by atoms with E-state index >= 15 is 0 Å². The van der Waals surface area contributed by atoms with Gasteiger partial charge in [0.2, 0.25) is 11.8 Å². The van der Waals surface area contributed by atoms with Crippen LogP contribution in [0.25, 0.3) is 21.8 Å². The van der Waals surface area contributed by atoms with Gasteiger partial charge in [-0.25, -0.2) is 4.98 Å². The lowest BCUT2D eigenvalue weighted by molar-refractivity contribution is -0.137. The van der Waals surface area contributed by atoms with E-state index in [0.29, 0.717) is 23.7 Å². The van der Waals surface area contributed by atoms with Crippen molar-refractivity contribution in [2.75, 3.05) is 25.5 Å². The number of pyridine rings is 1. The number of carbonyl (C=O) groups is 2. The van der Waals surface area contributed by atoms with Gasteiger partial charge in [-0.1, -0.05) is 24.2 Å². The van der Waals surface area contributed by atoms with Crippen molar-refractivity contribution in [3.63, 3.8) is 0 Å². The van der Waals surface area contributed by atoms with Gasteiger partial charge in [0.1, 0.15) is 23.7 Å². The number of likely N-dealkylation sites (N-methyl/N-ethyl adjacent to an activating group) is 1. The van der Waals surface area contributed by atoms with Crippen molar-refractivity contribution >= 4 is 28.3 Å². The van der Waals surface area contributed by atoms with E-state index in [9.17, 15) is 9.59 Å². The third-order valence-corrected chi connectivity index (χ3v) is 10.7. The summed E-state index contributed by atoms with van der Waals surface area (Å²) in [5, 5.41) is 8.51. The van der Waals surface area contributed by atoms with Crippen molar-refractivity contribution in [1.29, 1.82) is 0 Å². The first-order chi connectivity index (χ1) is 20.5. The maximum atomic E-state index is 13.6. The number of fused-ring (bicyclic) bond motifs is 3. The summed E-state index contributed by atoms with van der Waals surface area (Å²) < 4.78 is 8.38. The third-order valence-electron chi connectivity index (χ3n) is 9.67. The standard InChI is InChI=1S/C31H39N7O3S/c1-19(39)33-31-34-25-18-41-28-26(21-6-5-14-32-16-21)35-38(27(28)29(25)42-31)23-11-9-20(10-12-23)30(40)36(2)24-13-15-37(17-24)22-7-3-4-8-22/h5-6,14,16,20,22-24H,3-4,7-13,15,17-18H2,1-2H3,(H,33,34,39)/t20-,23-,24?. The molecule has 3 aromatic rings. The molecule has 11 heteroatoms. The number of hydrogen-bond donors (Lipinski definition) is 1. The predicted molar refractivity (Wildman–Crippen MR) is 161 cm³/mol. The number of ether oxygens (including phenoxy) is 1. The molecule has 10 nitrogen and oxygen atoms in total. The second-order valence-electron chi connectivity index (χ2n) is 12.3. The monoisotopic (exact) mass is 589 g/mol. The fraction of sp³-hybridized carbons (Fsp3) is 0.581. The molecular weight excluding hydrogens is 550 g/mol. The topological polar surface area (TPSA) is 105 Å². The molecule has 0 radical (unpaired) electrons. The van der Waals surface area contributed by atoms with E-state index in [1.165, 1.54) is 43.9 Å². The summed E-state index contributed by atoms with van der Waals surface area (Å²) in [5.74, 6) is 0.943. The number of aromatic nitrogens is 4. The van der Waals surface area contributed by atoms with Gasteiger partial charge in [-0.15, -0.1) is 0 Å². The SMILES string of the molecule is CC(=O)Nc1nc2c(s1)-c1c(c(-c3cccnc3)nn1[C@H]1CC[C@H](C(=O)N(C)C3CCN(C4CCCC4)C3)CC1)OC2. The Hall–Kier alpha value is -3.31. The minimum Gasteiger partial charge on any atom is -0.483 e. The second kappa shape index (κ2) is 11.4. The molecule has 222 valence electrons. The van der Waals surface area contributed by atoms with Gasteiger partial charge in [-0.2, -0.15) is 5.10 Å². The van der Waals surface area contributed by atoms with Gasteiger partial charge in [-0.3, -0.25) is 24.2 Å². The van der Waals surface area contributed by atoms with Crippen LogP contribution in [-0.4, -0.2) is 73.6 Å². The lowest BCUT2D eigenvalue weighted by atomic mass is 9.85. The molecule has 0 spiro atoms. The average molecular weight is 590 g/mol. The van der Waals surface area contributed by atoms with Crippen LogP contribution in [0.15, 0.2) is 24.5 Å². The Morgan fingerprint density at radius 2 is 1.90 bits per heavy atom. The minimum absolute atomic E-state index is 0.0533. The highest BCUT2D eigenvalue weighted by molar-refractivity contribution is 7.19. The van der Waals surface area contributed by atoms with Crippen LogP contribution in [0.5, 0.6) is 5.75 Å². The van der Waals surface area contributed by atoms with Crippen LogP contribution in [0.1, 0.15) is 76.4 Å². The molecule has 0 bridgehead atoms. The van der Waals surface area contributed by atoms with Crippen molar-refractivity contribution in [2.24, 2.45) is 5.92 Å². The molecule has 1 N–H and O–H groups in total. The average Bonchev–Trinajstić information content (AvgIpc) is 3.81. The van der Waals surface area contributed by atoms with Crippen LogP contribution in [0.3, 0.4) is 0 Å². The van der Waals surface area contributed by atoms with Crippen LogP contribution in [0, 0.1) is 5.92 Å². The first kappa shape index (κ1) is 27.5. The van der Waals surface area contributed by atoms with Gasteiger partial charge in [0, 0.05) is 63.0 Å². The summed E-state index contributed by atoms with van der Waals surface area (Å²) in [5.41, 5.74) is 3.39. The summed E-state index contributed by atoms with van der Waals surface area (Å²) in [7, 11) is 2.02. The molecule has 7 rings (SSSR count). The lowest BCUT2D eigenvalue weighted by Crippen LogP contribution is -2.44. The summed E-state index contributed by atoms with van der Waals surface area (Å²) in [6.45, 7) is 3.96. The van der Waals surface area contributed by atoms with Crippen molar-refractivity contribution in [1.82, 2.24) is 29.5 Å². The Morgan fingerprint density at radius 3 is 2.64 bits per heavy atom. The molecule has 1 saturated heterocycles. The molecule has 0 aromatic carbocycles. The highest BCUT2D eigenvalue weighted by Gasteiger charge is 2.38. The fourth-order valence-corrected chi connectivity index (χ4v) is 8.47. The number of carbonyl (C=O) groups excluding carboxylic acids is 2. The molecular formula is C31H39N7O3S. The van der Waals surface area contributed by atoms with Gasteiger partial charge in [0.25, 0.3) is 0 Å². The van der Waals surface area contributed by atoms with Crippen molar-refractivity contribution in [3.8, 4) is 27.6 Å². The van der Waals surface area contributed by atoms with Gasteiger partial charge < -0.3 is 15.0 Å². The van der Waals surface area contributed by atoms with Crippen LogP contribution < -0.4 is 10.1 Å². The van der Waals surface area contributed by atoms with Gasteiger partial charge >= 0.3 is 0 Å². The fourth-order valence-electron chi connectivity index (χ4n) is 7.42. The smallest absolute Gasteiger partial charge is 0.225 e. The number of hydrogen-bond acceptors (Lipinski definition) is 8. The normalized spacial score (nSPS) is 24.2. The minimum atomic E-state index is -0.149. The Bertz CT molecular complexity index is 1460. The summed E-state index contributed by atoms with van der Waals surface area (Å²) in [4.78, 5) is 40.0. The Balaban J connectivity index is 1.10. The quantitative estimate of drug-likeness (QED) is 0.425. The van der Waals surface area contributed by atoms with E-state index in [2.05, 4.69) is 29.8 Å². The van der Waals surface area contributed by atoms with Crippen LogP contribution >= 0.6 is 11.3 Å². The first-order valence-electron chi connectivity index (χ1n) is 15.4. The van der Waals surface area contributed by atoms with Crippen LogP contribution in [-0.2, 0) is 16.2 Å². The molecule has 5 heterocycles. The van der Waals surface area contributed by atoms with E-state index in [4.69, 9.17) is 9.84 Å². The summed E-state index contributed by atoms with van der Waals surface area (Å²) in [6, 6.07) is 5.10. The molecule has 2 amide bonds. The number of thiazole rings is 1. The zero-order valence-electron chi connectivity index (χ0n) is 24.4. The largest absolute Gasteiger partial charge is 0.483 e. The van der Waals surface area contributed by atoms with Gasteiger partial charge in [0.05, 0.1) is 10.9 Å². The van der Waals surface area contributed by atoms with E-state index in [-0.39, 0.29) is 17.9 Å². The zero-order chi connectivity index (χ0) is 28.8. The van der Waals surface area contributed by atoms with Crippen molar-refractivity contribution in [2.45, 2.75) is 89.4 Å². The van der Waals surface area contributed by atoms with Gasteiger partial charge in [-0.05, 0) is 57.1 Å². The molecule has 3 aromatic heterocycles. The van der Waals surface area contributed by atoms with E-state index < -0.39 is 0 Å². The second-order valence-corrected chi connectivity index (χ2v) is 13.3. The molecule has 1 atom stereocenters. The van der Waals surface area contributed by atoms with E-state index in [1.54, 1.807) is 6.20 Å². The maximum absolute atomic E-state index is 13.6. The van der Waals surface area contributed by atoms with E-state index in [1.807, 2.05) is 25.4 Å². The number of amides is 2. The summed E-state index contributed by atoms with van der Waals surface area (Å²) in [6.07, 6.45) is 13.4. The van der Waals surface area contributed by atoms with Crippen molar-refractivity contribution in [3.05, 3.63) is 30.2 Å². The lowest BCUT2D eigenvalue weighted by Gasteiger charge is -2.34. The molecule has 2 saturated carbocycles. The molecule has 2 aliphatic heterocycles. The molecule has 2 aliphatic carbocycles. The van der Waals surface area contributed by atoms with Crippen LogP contribution in [0.4, 0.5) is 5.13 Å². The van der Waals surface area contributed by atoms with E-state index in [0.717, 1.165) is 84.5 Å². The first-order valence-corrected chi connectivity index (χ1v) is 16.2. The third kappa shape index (κ3) is 5.10. The molecule has 4 aliphatic rings. The molecule has 1 unspecified atom stereocenters. The number of likely N-dealkylation sites (tertiary alicyclic amines) is 1. The highest BCUT2D eigenvalue weighted by atomic mass is 32.1. The predicted octanol–water partition coefficient (Wildman–Crippen LogP) is 5.13. The highest BCUT2D eigenvalue weighted by Crippen LogP contribution is 2.49. The Labute approximate surface area is 250 Å². The van der Waals surface area contributed by atoms with Crippen LogP contribution in [0.2, 0.25) is 0 Å². The van der Waals surface area contributed by atoms with Gasteiger partial charge in [0.15, 0.2) is 10.9 Å². The Morgan fingerprint density at radius 1 is 1.10 bits per heavy atom. The number of rotatable bonds is 6. The maximum Gasteiger partial charge on any atom is 0.225 e. The summed E-state index contributed by atoms with van der Waals surface area (Å²) >= 11 is 1.46. The number of nitrogens with zero attached hydrogens (tertiary/aromatic N) is 6. The Kier molecular flexibility index (Phi) is 7.47. The molecule has 3 fully saturated rings. The zero-order valence-corrected chi connectivity index (χ0v) is 25.2. The number of anilines is 1. The van der Waals surface area contributed by atoms with Crippen molar-refractivity contribution < 1.29 is 14.3 Å².